The maximum atomic E-state index is 11.4. The lowest BCUT2D eigenvalue weighted by Crippen LogP contribution is -2.12. The number of esters is 1. The Labute approximate surface area is 96.9 Å². The zero-order valence-electron chi connectivity index (χ0n) is 9.96. The van der Waals surface area contributed by atoms with Crippen LogP contribution in [0.2, 0.25) is 0 Å². The first-order valence-electron chi connectivity index (χ1n) is 6.00. The van der Waals surface area contributed by atoms with Crippen LogP contribution in [-0.2, 0) is 14.3 Å². The molecule has 0 saturated heterocycles. The van der Waals surface area contributed by atoms with Crippen LogP contribution in [0.5, 0.6) is 0 Å². The molecule has 1 rings (SSSR count). The molecule has 90 valence electrons. The van der Waals surface area contributed by atoms with E-state index in [-0.39, 0.29) is 11.9 Å². The molecule has 1 aliphatic rings. The summed E-state index contributed by atoms with van der Waals surface area (Å²) in [6, 6.07) is 0. The Hall–Kier alpha value is -1.12. The lowest BCUT2D eigenvalue weighted by atomic mass is 9.92. The van der Waals surface area contributed by atoms with Crippen molar-refractivity contribution < 1.29 is 14.3 Å². The van der Waals surface area contributed by atoms with Crippen molar-refractivity contribution in [3.63, 3.8) is 0 Å². The molecule has 0 aromatic heterocycles. The van der Waals surface area contributed by atoms with Gasteiger partial charge in [0.05, 0.1) is 6.61 Å². The molecular formula is C13H20O3. The summed E-state index contributed by atoms with van der Waals surface area (Å²) in [5.74, 6) is 0.283. The van der Waals surface area contributed by atoms with Crippen molar-refractivity contribution in [2.24, 2.45) is 5.92 Å². The van der Waals surface area contributed by atoms with E-state index in [2.05, 4.69) is 6.58 Å². The minimum Gasteiger partial charge on any atom is -0.463 e. The molecule has 0 aromatic carbocycles. The van der Waals surface area contributed by atoms with Crippen molar-refractivity contribution in [3.05, 3.63) is 12.2 Å². The lowest BCUT2D eigenvalue weighted by molar-refractivity contribution is -0.138. The predicted octanol–water partition coefficient (Wildman–Crippen LogP) is 2.65. The average molecular weight is 224 g/mol. The van der Waals surface area contributed by atoms with Crippen molar-refractivity contribution in [3.8, 4) is 0 Å². The number of carbonyl (C=O) groups excluding carboxylic acids is 2. The van der Waals surface area contributed by atoms with E-state index in [1.54, 1.807) is 6.92 Å². The van der Waals surface area contributed by atoms with Gasteiger partial charge in [0, 0.05) is 18.4 Å². The van der Waals surface area contributed by atoms with Gasteiger partial charge in [-0.1, -0.05) is 13.0 Å². The number of hydrogen-bond donors (Lipinski definition) is 0. The normalized spacial score (nSPS) is 21.3. The first-order chi connectivity index (χ1) is 7.63. The third kappa shape index (κ3) is 4.17. The van der Waals surface area contributed by atoms with Crippen LogP contribution in [0.25, 0.3) is 0 Å². The van der Waals surface area contributed by atoms with Gasteiger partial charge in [-0.2, -0.15) is 0 Å². The van der Waals surface area contributed by atoms with Crippen LogP contribution in [0.15, 0.2) is 12.2 Å². The number of rotatable bonds is 4. The van der Waals surface area contributed by atoms with E-state index in [1.807, 2.05) is 0 Å². The molecule has 1 atom stereocenters. The van der Waals surface area contributed by atoms with E-state index in [0.29, 0.717) is 37.2 Å². The molecule has 3 nitrogen and oxygen atoms in total. The van der Waals surface area contributed by atoms with Gasteiger partial charge in [-0.3, -0.25) is 4.79 Å². The highest BCUT2D eigenvalue weighted by atomic mass is 16.5. The Morgan fingerprint density at radius 1 is 1.50 bits per heavy atom. The molecule has 1 aliphatic carbocycles. The van der Waals surface area contributed by atoms with Crippen LogP contribution in [0, 0.1) is 5.92 Å². The van der Waals surface area contributed by atoms with Crippen molar-refractivity contribution in [2.45, 2.75) is 45.4 Å². The standard InChI is InChI=1S/C13H20O3/c1-3-16-13(15)10(2)8-11-6-4-5-7-12(14)9-11/h11H,2-9H2,1H3. The second kappa shape index (κ2) is 6.46. The average Bonchev–Trinajstić information content (AvgIpc) is 2.43. The Kier molecular flexibility index (Phi) is 5.23. The van der Waals surface area contributed by atoms with Crippen molar-refractivity contribution in [1.29, 1.82) is 0 Å². The SMILES string of the molecule is C=C(CC1CCCCC(=O)C1)C(=O)OCC. The molecule has 0 N–H and O–H groups in total. The molecule has 0 bridgehead atoms. The number of carbonyl (C=O) groups is 2. The first kappa shape index (κ1) is 12.9. The zero-order valence-corrected chi connectivity index (χ0v) is 9.96. The Bertz CT molecular complexity index is 281. The Balaban J connectivity index is 2.42. The van der Waals surface area contributed by atoms with Gasteiger partial charge in [-0.25, -0.2) is 4.79 Å². The fraction of sp³-hybridized carbons (Fsp3) is 0.692. The van der Waals surface area contributed by atoms with Gasteiger partial charge in [0.1, 0.15) is 5.78 Å². The third-order valence-corrected chi connectivity index (χ3v) is 2.93. The molecule has 1 fully saturated rings. The predicted molar refractivity (Wildman–Crippen MR) is 62.0 cm³/mol. The third-order valence-electron chi connectivity index (χ3n) is 2.93. The summed E-state index contributed by atoms with van der Waals surface area (Å²) in [7, 11) is 0. The molecule has 0 spiro atoms. The molecule has 0 amide bonds. The van der Waals surface area contributed by atoms with Gasteiger partial charge in [0.15, 0.2) is 0 Å². The second-order valence-corrected chi connectivity index (χ2v) is 4.38. The van der Waals surface area contributed by atoms with Gasteiger partial charge in [0.2, 0.25) is 0 Å². The summed E-state index contributed by atoms with van der Waals surface area (Å²) in [4.78, 5) is 22.8. The maximum absolute atomic E-state index is 11.4. The lowest BCUT2D eigenvalue weighted by Gasteiger charge is -2.13. The van der Waals surface area contributed by atoms with E-state index in [1.165, 1.54) is 0 Å². The van der Waals surface area contributed by atoms with Gasteiger partial charge in [0.25, 0.3) is 0 Å². The molecule has 0 aliphatic heterocycles. The molecule has 16 heavy (non-hydrogen) atoms. The van der Waals surface area contributed by atoms with E-state index in [9.17, 15) is 9.59 Å². The largest absolute Gasteiger partial charge is 0.463 e. The maximum Gasteiger partial charge on any atom is 0.333 e. The van der Waals surface area contributed by atoms with Crippen molar-refractivity contribution in [2.75, 3.05) is 6.61 Å². The molecular weight excluding hydrogens is 204 g/mol. The highest BCUT2D eigenvalue weighted by Gasteiger charge is 2.20. The Morgan fingerprint density at radius 3 is 2.94 bits per heavy atom. The summed E-state index contributed by atoms with van der Waals surface area (Å²) in [5.41, 5.74) is 0.501. The van der Waals surface area contributed by atoms with Crippen LogP contribution in [0.3, 0.4) is 0 Å². The summed E-state index contributed by atoms with van der Waals surface area (Å²) >= 11 is 0. The molecule has 0 radical (unpaired) electrons. The van der Waals surface area contributed by atoms with Crippen molar-refractivity contribution >= 4 is 11.8 Å². The molecule has 1 unspecified atom stereocenters. The minimum atomic E-state index is -0.320. The summed E-state index contributed by atoms with van der Waals surface area (Å²) in [5, 5.41) is 0. The molecule has 0 heterocycles. The summed E-state index contributed by atoms with van der Waals surface area (Å²) in [6.07, 6.45) is 4.98. The highest BCUT2D eigenvalue weighted by molar-refractivity contribution is 5.88. The number of ether oxygens (including phenoxy) is 1. The minimum absolute atomic E-state index is 0.284. The first-order valence-corrected chi connectivity index (χ1v) is 6.00. The van der Waals surface area contributed by atoms with E-state index < -0.39 is 0 Å². The van der Waals surface area contributed by atoms with Crippen molar-refractivity contribution in [1.82, 2.24) is 0 Å². The van der Waals surface area contributed by atoms with Crippen LogP contribution in [0.1, 0.15) is 45.4 Å². The van der Waals surface area contributed by atoms with E-state index >= 15 is 0 Å². The quantitative estimate of drug-likeness (QED) is 0.419. The van der Waals surface area contributed by atoms with Crippen LogP contribution in [0.4, 0.5) is 0 Å². The molecule has 1 saturated carbocycles. The fourth-order valence-corrected chi connectivity index (χ4v) is 2.12. The number of Topliss-reactive ketones (excluding diaryl/α,β-unsaturated/α-hetero) is 1. The second-order valence-electron chi connectivity index (χ2n) is 4.38. The highest BCUT2D eigenvalue weighted by Crippen LogP contribution is 2.26. The van der Waals surface area contributed by atoms with Gasteiger partial charge in [-0.05, 0) is 32.1 Å². The smallest absolute Gasteiger partial charge is 0.333 e. The van der Waals surface area contributed by atoms with E-state index in [4.69, 9.17) is 4.74 Å². The van der Waals surface area contributed by atoms with Gasteiger partial charge >= 0.3 is 5.97 Å². The van der Waals surface area contributed by atoms with Crippen LogP contribution < -0.4 is 0 Å². The van der Waals surface area contributed by atoms with Crippen LogP contribution in [-0.4, -0.2) is 18.4 Å². The number of ketones is 1. The molecule has 3 heteroatoms. The van der Waals surface area contributed by atoms with Gasteiger partial charge < -0.3 is 4.74 Å². The fourth-order valence-electron chi connectivity index (χ4n) is 2.12. The summed E-state index contributed by atoms with van der Waals surface area (Å²) in [6.45, 7) is 5.89. The zero-order chi connectivity index (χ0) is 12.0. The summed E-state index contributed by atoms with van der Waals surface area (Å²) < 4.78 is 4.88. The molecule has 0 aromatic rings. The van der Waals surface area contributed by atoms with Crippen LogP contribution >= 0.6 is 0 Å². The van der Waals surface area contributed by atoms with E-state index in [0.717, 1.165) is 19.3 Å². The topological polar surface area (TPSA) is 43.4 Å². The monoisotopic (exact) mass is 224 g/mol. The Morgan fingerprint density at radius 2 is 2.25 bits per heavy atom. The number of hydrogen-bond acceptors (Lipinski definition) is 3. The van der Waals surface area contributed by atoms with Gasteiger partial charge in [-0.15, -0.1) is 0 Å².